The summed E-state index contributed by atoms with van der Waals surface area (Å²) < 4.78 is 14.1. The highest BCUT2D eigenvalue weighted by Crippen LogP contribution is 2.34. The lowest BCUT2D eigenvalue weighted by Crippen LogP contribution is -1.86. The molecule has 1 aromatic heterocycles. The van der Waals surface area contributed by atoms with Gasteiger partial charge in [-0.15, -0.1) is 0 Å². The van der Waals surface area contributed by atoms with Gasteiger partial charge in [-0.05, 0) is 30.7 Å². The fraction of sp³-hybridized carbons (Fsp3) is 0.0625. The monoisotopic (exact) mass is 321 g/mol. The summed E-state index contributed by atoms with van der Waals surface area (Å²) >= 11 is 11.9. The van der Waals surface area contributed by atoms with Crippen molar-refractivity contribution >= 4 is 40.4 Å². The first-order chi connectivity index (χ1) is 10.0. The zero-order valence-electron chi connectivity index (χ0n) is 11.0. The molecule has 0 spiro atoms. The summed E-state index contributed by atoms with van der Waals surface area (Å²) in [5, 5.41) is 1.10. The number of aromatic amines is 1. The van der Waals surface area contributed by atoms with Crippen molar-refractivity contribution in [3.05, 3.63) is 57.3 Å². The first-order valence-corrected chi connectivity index (χ1v) is 7.00. The van der Waals surface area contributed by atoms with E-state index in [9.17, 15) is 9.18 Å². The van der Waals surface area contributed by atoms with Crippen LogP contribution in [-0.2, 0) is 0 Å². The topological polar surface area (TPSA) is 32.9 Å². The molecule has 21 heavy (non-hydrogen) atoms. The van der Waals surface area contributed by atoms with Crippen LogP contribution in [0.25, 0.3) is 22.2 Å². The third-order valence-corrected chi connectivity index (χ3v) is 4.22. The van der Waals surface area contributed by atoms with Crippen LogP contribution in [0.5, 0.6) is 0 Å². The molecule has 1 N–H and O–H groups in total. The normalized spacial score (nSPS) is 11.0. The Hall–Kier alpha value is -1.84. The van der Waals surface area contributed by atoms with E-state index in [1.165, 1.54) is 6.07 Å². The van der Waals surface area contributed by atoms with Gasteiger partial charge in [0.25, 0.3) is 0 Å². The molecule has 0 saturated heterocycles. The van der Waals surface area contributed by atoms with Crippen molar-refractivity contribution in [3.63, 3.8) is 0 Å². The van der Waals surface area contributed by atoms with Gasteiger partial charge >= 0.3 is 0 Å². The molecule has 0 aliphatic rings. The van der Waals surface area contributed by atoms with E-state index in [1.54, 1.807) is 24.3 Å². The lowest BCUT2D eigenvalue weighted by atomic mass is 10.0. The molecule has 1 heterocycles. The molecule has 0 saturated carbocycles. The van der Waals surface area contributed by atoms with Crippen molar-refractivity contribution in [2.75, 3.05) is 0 Å². The SMILES string of the molecule is Cc1ccc(F)c2c(C=O)c(-c3ccc(Cl)c(Cl)c3)[nH]c12. The van der Waals surface area contributed by atoms with Crippen molar-refractivity contribution < 1.29 is 9.18 Å². The predicted octanol–water partition coefficient (Wildman–Crippen LogP) is 5.40. The molecule has 106 valence electrons. The fourth-order valence-electron chi connectivity index (χ4n) is 2.42. The van der Waals surface area contributed by atoms with Crippen molar-refractivity contribution in [2.45, 2.75) is 6.92 Å². The summed E-state index contributed by atoms with van der Waals surface area (Å²) in [5.74, 6) is -0.430. The highest BCUT2D eigenvalue weighted by Gasteiger charge is 2.17. The molecular formula is C16H10Cl2FNO. The first kappa shape index (κ1) is 14.1. The van der Waals surface area contributed by atoms with Crippen LogP contribution in [0.2, 0.25) is 10.0 Å². The van der Waals surface area contributed by atoms with E-state index in [2.05, 4.69) is 4.98 Å². The number of nitrogens with one attached hydrogen (secondary N) is 1. The largest absolute Gasteiger partial charge is 0.354 e. The Kier molecular flexibility index (Phi) is 3.47. The van der Waals surface area contributed by atoms with Crippen molar-refractivity contribution in [3.8, 4) is 11.3 Å². The quantitative estimate of drug-likeness (QED) is 0.629. The second-order valence-electron chi connectivity index (χ2n) is 4.77. The lowest BCUT2D eigenvalue weighted by molar-refractivity contribution is 0.112. The molecule has 2 nitrogen and oxygen atoms in total. The van der Waals surface area contributed by atoms with Gasteiger partial charge in [-0.3, -0.25) is 4.79 Å². The zero-order valence-corrected chi connectivity index (χ0v) is 12.5. The summed E-state index contributed by atoms with van der Waals surface area (Å²) in [4.78, 5) is 14.6. The number of carbonyl (C=O) groups excluding carboxylic acids is 1. The molecule has 3 rings (SSSR count). The average molecular weight is 322 g/mol. The maximum Gasteiger partial charge on any atom is 0.152 e. The van der Waals surface area contributed by atoms with Crippen molar-refractivity contribution in [2.24, 2.45) is 0 Å². The highest BCUT2D eigenvalue weighted by molar-refractivity contribution is 6.42. The summed E-state index contributed by atoms with van der Waals surface area (Å²) in [5.41, 5.74) is 2.97. The molecule has 5 heteroatoms. The number of rotatable bonds is 2. The Balaban J connectivity index is 2.37. The molecular weight excluding hydrogens is 312 g/mol. The molecule has 3 aromatic rings. The van der Waals surface area contributed by atoms with Gasteiger partial charge in [0.05, 0.1) is 26.8 Å². The van der Waals surface area contributed by atoms with Crippen molar-refractivity contribution in [1.82, 2.24) is 4.98 Å². The van der Waals surface area contributed by atoms with Gasteiger partial charge < -0.3 is 4.98 Å². The molecule has 0 amide bonds. The van der Waals surface area contributed by atoms with Gasteiger partial charge in [-0.1, -0.05) is 35.3 Å². The number of aldehydes is 1. The number of hydrogen-bond acceptors (Lipinski definition) is 1. The van der Waals surface area contributed by atoms with Crippen molar-refractivity contribution in [1.29, 1.82) is 0 Å². The number of aromatic nitrogens is 1. The van der Waals surface area contributed by atoms with Crippen LogP contribution in [-0.4, -0.2) is 11.3 Å². The standard InChI is InChI=1S/C16H10Cl2FNO/c1-8-2-5-13(19)14-10(7-21)16(20-15(8)14)9-3-4-11(17)12(18)6-9/h2-7,20H,1H3. The van der Waals surface area contributed by atoms with Crippen LogP contribution in [0.3, 0.4) is 0 Å². The van der Waals surface area contributed by atoms with E-state index in [4.69, 9.17) is 23.2 Å². The highest BCUT2D eigenvalue weighted by atomic mass is 35.5. The van der Waals surface area contributed by atoms with Crippen LogP contribution in [0.1, 0.15) is 15.9 Å². The smallest absolute Gasteiger partial charge is 0.152 e. The molecule has 0 bridgehead atoms. The number of benzene rings is 2. The van der Waals surface area contributed by atoms with Crippen LogP contribution in [0.15, 0.2) is 30.3 Å². The number of carbonyl (C=O) groups is 1. The minimum Gasteiger partial charge on any atom is -0.354 e. The van der Waals surface area contributed by atoms with Gasteiger partial charge in [0, 0.05) is 10.9 Å². The number of halogens is 3. The van der Waals surface area contributed by atoms with E-state index in [-0.39, 0.29) is 5.56 Å². The number of fused-ring (bicyclic) bond motifs is 1. The number of H-pyrrole nitrogens is 1. The Morgan fingerprint density at radius 2 is 1.90 bits per heavy atom. The maximum absolute atomic E-state index is 14.1. The van der Waals surface area contributed by atoms with Gasteiger partial charge in [0.1, 0.15) is 5.82 Å². The minimum absolute atomic E-state index is 0.282. The fourth-order valence-corrected chi connectivity index (χ4v) is 2.72. The average Bonchev–Trinajstić information content (AvgIpc) is 2.86. The van der Waals surface area contributed by atoms with E-state index < -0.39 is 5.82 Å². The number of hydrogen-bond donors (Lipinski definition) is 1. The molecule has 0 aliphatic carbocycles. The van der Waals surface area contributed by atoms with E-state index in [0.717, 1.165) is 5.56 Å². The molecule has 0 radical (unpaired) electrons. The zero-order chi connectivity index (χ0) is 15.1. The predicted molar refractivity (Wildman–Crippen MR) is 83.8 cm³/mol. The lowest BCUT2D eigenvalue weighted by Gasteiger charge is -2.02. The van der Waals surface area contributed by atoms with Gasteiger partial charge in [0.2, 0.25) is 0 Å². The molecule has 2 aromatic carbocycles. The Bertz CT molecular complexity index is 870. The van der Waals surface area contributed by atoms with Gasteiger partial charge in [0.15, 0.2) is 6.29 Å². The maximum atomic E-state index is 14.1. The van der Waals surface area contributed by atoms with Gasteiger partial charge in [-0.2, -0.15) is 0 Å². The van der Waals surface area contributed by atoms with Gasteiger partial charge in [-0.25, -0.2) is 4.39 Å². The summed E-state index contributed by atoms with van der Waals surface area (Å²) in [6.45, 7) is 1.85. The summed E-state index contributed by atoms with van der Waals surface area (Å²) in [7, 11) is 0. The Morgan fingerprint density at radius 1 is 1.14 bits per heavy atom. The minimum atomic E-state index is -0.430. The second kappa shape index (κ2) is 5.17. The third kappa shape index (κ3) is 2.23. The van der Waals surface area contributed by atoms with E-state index in [1.807, 2.05) is 6.92 Å². The molecule has 0 unspecified atom stereocenters. The Labute approximate surface area is 130 Å². The molecule has 0 aliphatic heterocycles. The van der Waals surface area contributed by atoms with Crippen LogP contribution < -0.4 is 0 Å². The summed E-state index contributed by atoms with van der Waals surface area (Å²) in [6, 6.07) is 8.05. The second-order valence-corrected chi connectivity index (χ2v) is 5.59. The Morgan fingerprint density at radius 3 is 2.57 bits per heavy atom. The molecule has 0 fully saturated rings. The van der Waals surface area contributed by atoms with Crippen LogP contribution in [0, 0.1) is 12.7 Å². The van der Waals surface area contributed by atoms with E-state index in [0.29, 0.717) is 38.5 Å². The van der Waals surface area contributed by atoms with Crippen LogP contribution >= 0.6 is 23.2 Å². The molecule has 0 atom stereocenters. The van der Waals surface area contributed by atoms with E-state index >= 15 is 0 Å². The third-order valence-electron chi connectivity index (χ3n) is 3.48. The summed E-state index contributed by atoms with van der Waals surface area (Å²) in [6.07, 6.45) is 0.652. The number of aryl methyl sites for hydroxylation is 1. The first-order valence-electron chi connectivity index (χ1n) is 6.24. The van der Waals surface area contributed by atoms with Crippen LogP contribution in [0.4, 0.5) is 4.39 Å².